The molecule has 19 heavy (non-hydrogen) atoms. The number of nitrogens with zero attached hydrogens (tertiary/aromatic N) is 3. The van der Waals surface area contributed by atoms with Crippen molar-refractivity contribution in [1.82, 2.24) is 15.0 Å². The van der Waals surface area contributed by atoms with Crippen LogP contribution in [0.15, 0.2) is 24.3 Å². The van der Waals surface area contributed by atoms with Crippen molar-refractivity contribution < 1.29 is 9.53 Å². The number of anilines is 1. The molecular weight excluding hydrogens is 244 g/mol. The van der Waals surface area contributed by atoms with Crippen LogP contribution >= 0.6 is 0 Å². The van der Waals surface area contributed by atoms with Crippen molar-refractivity contribution in [2.24, 2.45) is 0 Å². The molecule has 0 bridgehead atoms. The number of carbonyl (C=O) groups excluding carboxylic acids is 1. The van der Waals surface area contributed by atoms with Crippen molar-refractivity contribution in [2.45, 2.75) is 26.9 Å². The fourth-order valence-electron chi connectivity index (χ4n) is 1.58. The molecule has 0 saturated heterocycles. The van der Waals surface area contributed by atoms with Crippen LogP contribution in [0.4, 0.5) is 5.82 Å². The molecule has 0 radical (unpaired) electrons. The smallest absolute Gasteiger partial charge is 0.363 e. The Bertz CT molecular complexity index is 587. The van der Waals surface area contributed by atoms with Crippen molar-refractivity contribution in [2.75, 3.05) is 5.73 Å². The number of esters is 1. The van der Waals surface area contributed by atoms with Gasteiger partial charge in [0.25, 0.3) is 0 Å². The monoisotopic (exact) mass is 260 g/mol. The maximum Gasteiger partial charge on any atom is 0.363 e. The van der Waals surface area contributed by atoms with E-state index in [9.17, 15) is 4.79 Å². The van der Waals surface area contributed by atoms with Crippen LogP contribution < -0.4 is 5.73 Å². The highest BCUT2D eigenvalue weighted by Crippen LogP contribution is 2.16. The summed E-state index contributed by atoms with van der Waals surface area (Å²) >= 11 is 0. The van der Waals surface area contributed by atoms with E-state index >= 15 is 0 Å². The highest BCUT2D eigenvalue weighted by atomic mass is 16.5. The Labute approximate surface area is 111 Å². The van der Waals surface area contributed by atoms with Crippen LogP contribution in [-0.4, -0.2) is 27.1 Å². The second-order valence-corrected chi connectivity index (χ2v) is 4.52. The van der Waals surface area contributed by atoms with Gasteiger partial charge in [-0.2, -0.15) is 4.68 Å². The number of ether oxygens (including phenoxy) is 1. The number of aryl methyl sites for hydroxylation is 1. The molecule has 6 heteroatoms. The zero-order chi connectivity index (χ0) is 14.0. The molecule has 0 atom stereocenters. The average molecular weight is 260 g/mol. The first kappa shape index (κ1) is 13.1. The third-order valence-corrected chi connectivity index (χ3v) is 2.52. The number of nitrogen functional groups attached to an aromatic ring is 1. The quantitative estimate of drug-likeness (QED) is 0.849. The number of nitrogens with two attached hydrogens (primary N) is 1. The molecule has 0 aliphatic rings. The molecule has 2 aromatic rings. The van der Waals surface area contributed by atoms with Crippen LogP contribution in [0.25, 0.3) is 5.69 Å². The molecule has 6 nitrogen and oxygen atoms in total. The lowest BCUT2D eigenvalue weighted by Gasteiger charge is -2.06. The summed E-state index contributed by atoms with van der Waals surface area (Å²) in [6.07, 6.45) is -0.226. The number of aromatic nitrogens is 3. The molecule has 0 aliphatic heterocycles. The lowest BCUT2D eigenvalue weighted by molar-refractivity contribution is 0.0372. The van der Waals surface area contributed by atoms with E-state index in [1.54, 1.807) is 13.8 Å². The number of rotatable bonds is 3. The highest BCUT2D eigenvalue weighted by molar-refractivity contribution is 5.92. The predicted molar refractivity (Wildman–Crippen MR) is 71.1 cm³/mol. The predicted octanol–water partition coefficient (Wildman–Crippen LogP) is 1.72. The SMILES string of the molecule is Cc1ccc(-n2nnc(C(=O)OC(C)C)c2N)cc1. The van der Waals surface area contributed by atoms with Gasteiger partial charge in [-0.1, -0.05) is 22.9 Å². The van der Waals surface area contributed by atoms with Crippen LogP contribution in [0.5, 0.6) is 0 Å². The largest absolute Gasteiger partial charge is 0.458 e. The van der Waals surface area contributed by atoms with Gasteiger partial charge in [0.1, 0.15) is 0 Å². The summed E-state index contributed by atoms with van der Waals surface area (Å²) in [5, 5.41) is 7.67. The van der Waals surface area contributed by atoms with Gasteiger partial charge in [0.05, 0.1) is 11.8 Å². The maximum absolute atomic E-state index is 11.8. The minimum absolute atomic E-state index is 0.0364. The summed E-state index contributed by atoms with van der Waals surface area (Å²) in [5.74, 6) is -0.389. The molecule has 0 saturated carbocycles. The van der Waals surface area contributed by atoms with Crippen LogP contribution in [0, 0.1) is 6.92 Å². The zero-order valence-corrected chi connectivity index (χ0v) is 11.1. The van der Waals surface area contributed by atoms with Gasteiger partial charge in [-0.15, -0.1) is 5.10 Å². The van der Waals surface area contributed by atoms with Gasteiger partial charge in [0.15, 0.2) is 5.82 Å². The Kier molecular flexibility index (Phi) is 3.50. The lowest BCUT2D eigenvalue weighted by Crippen LogP contribution is -2.14. The minimum Gasteiger partial charge on any atom is -0.458 e. The van der Waals surface area contributed by atoms with Crippen molar-refractivity contribution in [1.29, 1.82) is 0 Å². The van der Waals surface area contributed by atoms with Gasteiger partial charge in [-0.3, -0.25) is 0 Å². The number of hydrogen-bond acceptors (Lipinski definition) is 5. The molecule has 0 fully saturated rings. The van der Waals surface area contributed by atoms with Crippen molar-refractivity contribution in [3.05, 3.63) is 35.5 Å². The fraction of sp³-hybridized carbons (Fsp3) is 0.308. The Hall–Kier alpha value is -2.37. The van der Waals surface area contributed by atoms with Crippen molar-refractivity contribution in [3.8, 4) is 5.69 Å². The molecule has 0 amide bonds. The molecule has 0 aliphatic carbocycles. The number of carbonyl (C=O) groups is 1. The fourth-order valence-corrected chi connectivity index (χ4v) is 1.58. The van der Waals surface area contributed by atoms with E-state index in [1.807, 2.05) is 31.2 Å². The van der Waals surface area contributed by atoms with Gasteiger partial charge >= 0.3 is 5.97 Å². The summed E-state index contributed by atoms with van der Waals surface area (Å²) in [4.78, 5) is 11.8. The van der Waals surface area contributed by atoms with E-state index in [-0.39, 0.29) is 17.6 Å². The minimum atomic E-state index is -0.564. The van der Waals surface area contributed by atoms with Gasteiger partial charge in [0.2, 0.25) is 5.69 Å². The lowest BCUT2D eigenvalue weighted by atomic mass is 10.2. The van der Waals surface area contributed by atoms with Crippen LogP contribution in [0.2, 0.25) is 0 Å². The van der Waals surface area contributed by atoms with Gasteiger partial charge < -0.3 is 10.5 Å². The molecular formula is C13H16N4O2. The highest BCUT2D eigenvalue weighted by Gasteiger charge is 2.20. The summed E-state index contributed by atoms with van der Waals surface area (Å²) in [7, 11) is 0. The standard InChI is InChI=1S/C13H16N4O2/c1-8(2)19-13(18)11-12(14)17(16-15-11)10-6-4-9(3)5-7-10/h4-8H,14H2,1-3H3. The average Bonchev–Trinajstić information content (AvgIpc) is 2.71. The molecule has 1 aromatic carbocycles. The second-order valence-electron chi connectivity index (χ2n) is 4.52. The first-order valence-corrected chi connectivity index (χ1v) is 5.98. The molecule has 1 aromatic heterocycles. The number of benzene rings is 1. The summed E-state index contributed by atoms with van der Waals surface area (Å²) in [6.45, 7) is 5.51. The van der Waals surface area contributed by atoms with E-state index < -0.39 is 5.97 Å². The topological polar surface area (TPSA) is 83.0 Å². The van der Waals surface area contributed by atoms with Crippen LogP contribution in [-0.2, 0) is 4.74 Å². The van der Waals surface area contributed by atoms with Crippen molar-refractivity contribution in [3.63, 3.8) is 0 Å². The maximum atomic E-state index is 11.8. The van der Waals surface area contributed by atoms with Crippen molar-refractivity contribution >= 4 is 11.8 Å². The normalized spacial score (nSPS) is 10.7. The summed E-state index contributed by atoms with van der Waals surface area (Å²) < 4.78 is 6.46. The van der Waals surface area contributed by atoms with Crippen LogP contribution in [0.3, 0.4) is 0 Å². The summed E-state index contributed by atoms with van der Waals surface area (Å²) in [5.41, 5.74) is 7.80. The van der Waals surface area contributed by atoms with Gasteiger partial charge in [0, 0.05) is 0 Å². The van der Waals surface area contributed by atoms with Crippen LogP contribution in [0.1, 0.15) is 29.9 Å². The number of hydrogen-bond donors (Lipinski definition) is 1. The van der Waals surface area contributed by atoms with E-state index in [2.05, 4.69) is 10.3 Å². The molecule has 1 heterocycles. The van der Waals surface area contributed by atoms with Gasteiger partial charge in [-0.05, 0) is 32.9 Å². The van der Waals surface area contributed by atoms with Gasteiger partial charge in [-0.25, -0.2) is 4.79 Å². The molecule has 2 rings (SSSR count). The first-order chi connectivity index (χ1) is 8.99. The molecule has 0 spiro atoms. The Morgan fingerprint density at radius 1 is 1.32 bits per heavy atom. The van der Waals surface area contributed by atoms with E-state index in [0.29, 0.717) is 0 Å². The third kappa shape index (κ3) is 2.73. The summed E-state index contributed by atoms with van der Waals surface area (Å²) in [6, 6.07) is 7.58. The van der Waals surface area contributed by atoms with E-state index in [0.717, 1.165) is 11.3 Å². The first-order valence-electron chi connectivity index (χ1n) is 5.98. The Morgan fingerprint density at radius 3 is 2.53 bits per heavy atom. The Balaban J connectivity index is 2.32. The molecule has 100 valence electrons. The van der Waals surface area contributed by atoms with E-state index in [4.69, 9.17) is 10.5 Å². The zero-order valence-electron chi connectivity index (χ0n) is 11.1. The Morgan fingerprint density at radius 2 is 1.95 bits per heavy atom. The second kappa shape index (κ2) is 5.09. The molecule has 2 N–H and O–H groups in total. The third-order valence-electron chi connectivity index (χ3n) is 2.52. The molecule has 0 unspecified atom stereocenters. The van der Waals surface area contributed by atoms with E-state index in [1.165, 1.54) is 4.68 Å².